The highest BCUT2D eigenvalue weighted by Crippen LogP contribution is 2.45. The number of rotatable bonds is 3. The molecule has 23 heavy (non-hydrogen) atoms. The van der Waals surface area contributed by atoms with Crippen molar-refractivity contribution < 1.29 is 18.0 Å². The van der Waals surface area contributed by atoms with Crippen LogP contribution in [-0.2, 0) is 11.7 Å². The number of hydrogen-bond acceptors (Lipinski definition) is 1. The molecule has 3 rings (SSSR count). The van der Waals surface area contributed by atoms with Crippen LogP contribution in [0.1, 0.15) is 24.0 Å². The second-order valence-corrected chi connectivity index (χ2v) is 5.61. The van der Waals surface area contributed by atoms with E-state index in [4.69, 9.17) is 0 Å². The highest BCUT2D eigenvalue weighted by Gasteiger charge is 2.45. The number of amides is 2. The number of anilines is 1. The fraction of sp³-hybridized carbons (Fsp3) is 0.235. The van der Waals surface area contributed by atoms with E-state index in [1.54, 1.807) is 0 Å². The van der Waals surface area contributed by atoms with E-state index in [2.05, 4.69) is 10.6 Å². The molecule has 0 radical (unpaired) electrons. The molecule has 1 fully saturated rings. The number of benzene rings is 2. The molecule has 0 saturated heterocycles. The lowest BCUT2D eigenvalue weighted by atomic mass is 10.1. The first kappa shape index (κ1) is 15.4. The van der Waals surface area contributed by atoms with E-state index in [0.29, 0.717) is 0 Å². The van der Waals surface area contributed by atoms with Gasteiger partial charge in [0, 0.05) is 5.69 Å². The molecule has 1 saturated carbocycles. The molecule has 2 aromatic carbocycles. The van der Waals surface area contributed by atoms with Gasteiger partial charge in [0.25, 0.3) is 0 Å². The molecule has 0 aromatic heterocycles. The lowest BCUT2D eigenvalue weighted by molar-refractivity contribution is -0.137. The summed E-state index contributed by atoms with van der Waals surface area (Å²) in [6.45, 7) is 0. The van der Waals surface area contributed by atoms with Gasteiger partial charge in [-0.3, -0.25) is 0 Å². The highest BCUT2D eigenvalue weighted by molar-refractivity contribution is 5.90. The highest BCUT2D eigenvalue weighted by atomic mass is 19.4. The summed E-state index contributed by atoms with van der Waals surface area (Å²) >= 11 is 0. The van der Waals surface area contributed by atoms with Crippen LogP contribution in [0.5, 0.6) is 0 Å². The quantitative estimate of drug-likeness (QED) is 0.858. The third kappa shape index (κ3) is 3.47. The Morgan fingerprint density at radius 1 is 1.00 bits per heavy atom. The van der Waals surface area contributed by atoms with Crippen LogP contribution < -0.4 is 10.6 Å². The van der Waals surface area contributed by atoms with E-state index in [1.807, 2.05) is 30.3 Å². The SMILES string of the molecule is O=C(Nc1cccc(C(F)(F)F)c1)NC1(c2ccccc2)CC1. The van der Waals surface area contributed by atoms with Gasteiger partial charge in [0.1, 0.15) is 0 Å². The van der Waals surface area contributed by atoms with Crippen molar-refractivity contribution in [3.63, 3.8) is 0 Å². The summed E-state index contributed by atoms with van der Waals surface area (Å²) in [6.07, 6.45) is -2.81. The molecule has 6 heteroatoms. The van der Waals surface area contributed by atoms with Crippen molar-refractivity contribution in [1.29, 1.82) is 0 Å². The molecular weight excluding hydrogens is 305 g/mol. The minimum Gasteiger partial charge on any atom is -0.328 e. The number of carbonyl (C=O) groups is 1. The molecule has 2 aromatic rings. The van der Waals surface area contributed by atoms with Gasteiger partial charge in [0.15, 0.2) is 0 Å². The van der Waals surface area contributed by atoms with E-state index in [9.17, 15) is 18.0 Å². The normalized spacial score (nSPS) is 15.8. The Balaban J connectivity index is 1.69. The zero-order valence-corrected chi connectivity index (χ0v) is 12.2. The maximum absolute atomic E-state index is 12.7. The number of halogens is 3. The maximum Gasteiger partial charge on any atom is 0.416 e. The summed E-state index contributed by atoms with van der Waals surface area (Å²) in [6, 6.07) is 13.6. The lowest BCUT2D eigenvalue weighted by Gasteiger charge is -2.18. The van der Waals surface area contributed by atoms with Crippen molar-refractivity contribution in [2.24, 2.45) is 0 Å². The van der Waals surface area contributed by atoms with Crippen LogP contribution in [-0.4, -0.2) is 6.03 Å². The van der Waals surface area contributed by atoms with E-state index >= 15 is 0 Å². The Morgan fingerprint density at radius 2 is 1.70 bits per heavy atom. The zero-order chi connectivity index (χ0) is 16.5. The van der Waals surface area contributed by atoms with Gasteiger partial charge < -0.3 is 10.6 Å². The summed E-state index contributed by atoms with van der Waals surface area (Å²) in [5.74, 6) is 0. The molecule has 120 valence electrons. The summed E-state index contributed by atoms with van der Waals surface area (Å²) in [5, 5.41) is 5.33. The fourth-order valence-electron chi connectivity index (χ4n) is 2.52. The largest absolute Gasteiger partial charge is 0.416 e. The monoisotopic (exact) mass is 320 g/mol. The summed E-state index contributed by atoms with van der Waals surface area (Å²) < 4.78 is 38.0. The third-order valence-electron chi connectivity index (χ3n) is 3.88. The van der Waals surface area contributed by atoms with Crippen LogP contribution in [0.25, 0.3) is 0 Å². The fourth-order valence-corrected chi connectivity index (χ4v) is 2.52. The predicted molar refractivity (Wildman–Crippen MR) is 81.0 cm³/mol. The number of alkyl halides is 3. The van der Waals surface area contributed by atoms with E-state index in [1.165, 1.54) is 12.1 Å². The summed E-state index contributed by atoms with van der Waals surface area (Å²) in [4.78, 5) is 12.1. The van der Waals surface area contributed by atoms with Crippen LogP contribution >= 0.6 is 0 Å². The van der Waals surface area contributed by atoms with Gasteiger partial charge in [0.05, 0.1) is 11.1 Å². The van der Waals surface area contributed by atoms with Gasteiger partial charge in [-0.05, 0) is 36.6 Å². The standard InChI is InChI=1S/C17H15F3N2O/c18-17(19,20)13-7-4-8-14(11-13)21-15(23)22-16(9-10-16)12-5-2-1-3-6-12/h1-8,11H,9-10H2,(H2,21,22,23). The lowest BCUT2D eigenvalue weighted by Crippen LogP contribution is -2.38. The summed E-state index contributed by atoms with van der Waals surface area (Å²) in [5.41, 5.74) is -0.0904. The molecular formula is C17H15F3N2O. The molecule has 2 amide bonds. The van der Waals surface area contributed by atoms with Crippen molar-refractivity contribution in [1.82, 2.24) is 5.32 Å². The first-order valence-corrected chi connectivity index (χ1v) is 7.21. The molecule has 0 unspecified atom stereocenters. The Labute approximate surface area is 131 Å². The number of urea groups is 1. The zero-order valence-electron chi connectivity index (χ0n) is 12.2. The number of hydrogen-bond donors (Lipinski definition) is 2. The molecule has 3 nitrogen and oxygen atoms in total. The predicted octanol–water partition coefficient (Wildman–Crippen LogP) is 4.52. The average Bonchev–Trinajstić information content (AvgIpc) is 3.28. The van der Waals surface area contributed by atoms with Crippen molar-refractivity contribution >= 4 is 11.7 Å². The minimum atomic E-state index is -4.43. The van der Waals surface area contributed by atoms with Crippen molar-refractivity contribution in [3.05, 3.63) is 65.7 Å². The Morgan fingerprint density at radius 3 is 2.30 bits per heavy atom. The third-order valence-corrected chi connectivity index (χ3v) is 3.88. The van der Waals surface area contributed by atoms with Crippen molar-refractivity contribution in [2.45, 2.75) is 24.6 Å². The van der Waals surface area contributed by atoms with Crippen molar-refractivity contribution in [3.8, 4) is 0 Å². The van der Waals surface area contributed by atoms with Crippen LogP contribution in [0, 0.1) is 0 Å². The van der Waals surface area contributed by atoms with Crippen LogP contribution in [0.4, 0.5) is 23.7 Å². The van der Waals surface area contributed by atoms with E-state index in [0.717, 1.165) is 30.5 Å². The van der Waals surface area contributed by atoms with Crippen LogP contribution in [0.2, 0.25) is 0 Å². The maximum atomic E-state index is 12.7. The molecule has 0 spiro atoms. The molecule has 0 atom stereocenters. The van der Waals surface area contributed by atoms with Gasteiger partial charge in [-0.15, -0.1) is 0 Å². The smallest absolute Gasteiger partial charge is 0.328 e. The Bertz CT molecular complexity index is 709. The van der Waals surface area contributed by atoms with E-state index in [-0.39, 0.29) is 5.69 Å². The van der Waals surface area contributed by atoms with Crippen LogP contribution in [0.15, 0.2) is 54.6 Å². The molecule has 2 N–H and O–H groups in total. The van der Waals surface area contributed by atoms with Crippen molar-refractivity contribution in [2.75, 3.05) is 5.32 Å². The van der Waals surface area contributed by atoms with Gasteiger partial charge in [-0.1, -0.05) is 36.4 Å². The number of nitrogens with one attached hydrogen (secondary N) is 2. The molecule has 0 heterocycles. The molecule has 0 aliphatic heterocycles. The topological polar surface area (TPSA) is 41.1 Å². The van der Waals surface area contributed by atoms with Gasteiger partial charge in [0.2, 0.25) is 0 Å². The first-order chi connectivity index (χ1) is 10.9. The van der Waals surface area contributed by atoms with E-state index < -0.39 is 23.3 Å². The average molecular weight is 320 g/mol. The Hall–Kier alpha value is -2.50. The molecule has 0 bridgehead atoms. The minimum absolute atomic E-state index is 0.112. The Kier molecular flexibility index (Phi) is 3.75. The first-order valence-electron chi connectivity index (χ1n) is 7.21. The van der Waals surface area contributed by atoms with Crippen LogP contribution in [0.3, 0.4) is 0 Å². The second kappa shape index (κ2) is 5.61. The van der Waals surface area contributed by atoms with Gasteiger partial charge in [-0.25, -0.2) is 4.79 Å². The molecule has 1 aliphatic rings. The second-order valence-electron chi connectivity index (χ2n) is 5.61. The molecule has 1 aliphatic carbocycles. The summed E-state index contributed by atoms with van der Waals surface area (Å²) in [7, 11) is 0. The van der Waals surface area contributed by atoms with Gasteiger partial charge >= 0.3 is 12.2 Å². The number of carbonyl (C=O) groups excluding carboxylic acids is 1. The van der Waals surface area contributed by atoms with Gasteiger partial charge in [-0.2, -0.15) is 13.2 Å².